The van der Waals surface area contributed by atoms with Crippen molar-refractivity contribution in [1.29, 1.82) is 0 Å². The van der Waals surface area contributed by atoms with Crippen molar-refractivity contribution in [3.63, 3.8) is 0 Å². The fourth-order valence-corrected chi connectivity index (χ4v) is 2.84. The lowest BCUT2D eigenvalue weighted by molar-refractivity contribution is 0.500. The van der Waals surface area contributed by atoms with E-state index in [1.54, 1.807) is 18.4 Å². The Morgan fingerprint density at radius 3 is 2.43 bits per heavy atom. The van der Waals surface area contributed by atoms with Crippen molar-refractivity contribution in [3.8, 4) is 0 Å². The van der Waals surface area contributed by atoms with Gasteiger partial charge in [-0.25, -0.2) is 0 Å². The molecule has 2 rings (SSSR count). The van der Waals surface area contributed by atoms with E-state index < -0.39 is 0 Å². The van der Waals surface area contributed by atoms with E-state index in [9.17, 15) is 0 Å². The number of aliphatic imine (C=N–C) groups is 1. The molecule has 0 bridgehead atoms. The number of nitrogens with zero attached hydrogens (tertiary/aromatic N) is 1. The molecule has 0 amide bonds. The first-order valence-corrected chi connectivity index (χ1v) is 7.46. The second-order valence-electron chi connectivity index (χ2n) is 4.73. The topological polar surface area (TPSA) is 49.6 Å². The van der Waals surface area contributed by atoms with Gasteiger partial charge < -0.3 is 15.1 Å². The van der Waals surface area contributed by atoms with Gasteiger partial charge in [-0.3, -0.25) is 4.99 Å². The van der Waals surface area contributed by atoms with Crippen LogP contribution in [0.2, 0.25) is 0 Å². The maximum atomic E-state index is 5.51. The van der Waals surface area contributed by atoms with E-state index in [0.29, 0.717) is 6.54 Å². The Balaban J connectivity index is 0.00000220. The molecule has 2 aromatic rings. The van der Waals surface area contributed by atoms with Crippen LogP contribution in [0.25, 0.3) is 0 Å². The van der Waals surface area contributed by atoms with Crippen LogP contribution in [-0.2, 0) is 13.1 Å². The smallest absolute Gasteiger partial charge is 0.191 e. The Labute approximate surface area is 147 Å². The fraction of sp³-hybridized carbons (Fsp3) is 0.400. The van der Waals surface area contributed by atoms with E-state index in [4.69, 9.17) is 4.42 Å². The molecule has 2 heterocycles. The third-order valence-corrected chi connectivity index (χ3v) is 4.04. The van der Waals surface area contributed by atoms with Crippen LogP contribution in [0.4, 0.5) is 0 Å². The van der Waals surface area contributed by atoms with Gasteiger partial charge in [-0.15, -0.1) is 35.3 Å². The molecule has 2 N–H and O–H groups in total. The number of rotatable bonds is 4. The number of hydrogen-bond acceptors (Lipinski definition) is 3. The van der Waals surface area contributed by atoms with E-state index in [2.05, 4.69) is 40.7 Å². The molecule has 2 aromatic heterocycles. The van der Waals surface area contributed by atoms with Crippen LogP contribution in [0.5, 0.6) is 0 Å². The highest BCUT2D eigenvalue weighted by Gasteiger charge is 2.06. The molecule has 0 fully saturated rings. The maximum Gasteiger partial charge on any atom is 0.191 e. The van der Waals surface area contributed by atoms with E-state index in [-0.39, 0.29) is 24.0 Å². The van der Waals surface area contributed by atoms with Crippen LogP contribution in [0, 0.1) is 20.8 Å². The van der Waals surface area contributed by atoms with Gasteiger partial charge in [-0.2, -0.15) is 0 Å². The summed E-state index contributed by atoms with van der Waals surface area (Å²) < 4.78 is 5.51. The third-order valence-electron chi connectivity index (χ3n) is 3.04. The van der Waals surface area contributed by atoms with Crippen LogP contribution in [0.3, 0.4) is 0 Å². The Kier molecular flexibility index (Phi) is 7.24. The quantitative estimate of drug-likeness (QED) is 0.451. The van der Waals surface area contributed by atoms with E-state index in [0.717, 1.165) is 29.6 Å². The van der Waals surface area contributed by atoms with E-state index >= 15 is 0 Å². The minimum Gasteiger partial charge on any atom is -0.466 e. The molecule has 0 saturated carbocycles. The second-order valence-corrected chi connectivity index (χ2v) is 6.10. The SMILES string of the molecule is CN=C(NCc1ccc(C)s1)NCc1cc(C)oc1C.I. The monoisotopic (exact) mass is 419 g/mol. The van der Waals surface area contributed by atoms with Gasteiger partial charge >= 0.3 is 0 Å². The summed E-state index contributed by atoms with van der Waals surface area (Å²) in [6.45, 7) is 7.57. The molecule has 0 saturated heterocycles. The van der Waals surface area contributed by atoms with Gasteiger partial charge in [0.2, 0.25) is 0 Å². The Bertz CT molecular complexity index is 604. The maximum absolute atomic E-state index is 5.51. The van der Waals surface area contributed by atoms with Crippen molar-refractivity contribution in [2.24, 2.45) is 4.99 Å². The number of thiophene rings is 1. The first kappa shape index (κ1) is 18.0. The van der Waals surface area contributed by atoms with Crippen LogP contribution >= 0.6 is 35.3 Å². The van der Waals surface area contributed by atoms with Gasteiger partial charge in [0, 0.05) is 28.9 Å². The van der Waals surface area contributed by atoms with Crippen molar-refractivity contribution >= 4 is 41.3 Å². The molecule has 0 atom stereocenters. The summed E-state index contributed by atoms with van der Waals surface area (Å²) in [6.07, 6.45) is 0. The number of furan rings is 1. The number of guanidine groups is 1. The zero-order valence-corrected chi connectivity index (χ0v) is 16.0. The fourth-order valence-electron chi connectivity index (χ4n) is 2.01. The first-order valence-electron chi connectivity index (χ1n) is 6.64. The highest BCUT2D eigenvalue weighted by molar-refractivity contribution is 14.0. The van der Waals surface area contributed by atoms with Crippen molar-refractivity contribution in [2.45, 2.75) is 33.9 Å². The van der Waals surface area contributed by atoms with Crippen LogP contribution in [0.1, 0.15) is 26.8 Å². The number of aryl methyl sites for hydroxylation is 3. The van der Waals surface area contributed by atoms with Crippen molar-refractivity contribution in [2.75, 3.05) is 7.05 Å². The van der Waals surface area contributed by atoms with E-state index in [1.165, 1.54) is 9.75 Å². The van der Waals surface area contributed by atoms with Crippen LogP contribution < -0.4 is 10.6 Å². The highest BCUT2D eigenvalue weighted by atomic mass is 127. The lowest BCUT2D eigenvalue weighted by Crippen LogP contribution is -2.36. The minimum absolute atomic E-state index is 0. The molecule has 0 radical (unpaired) electrons. The van der Waals surface area contributed by atoms with Gasteiger partial charge in [-0.1, -0.05) is 0 Å². The summed E-state index contributed by atoms with van der Waals surface area (Å²) in [5.74, 6) is 2.70. The number of hydrogen-bond donors (Lipinski definition) is 2. The minimum atomic E-state index is 0. The highest BCUT2D eigenvalue weighted by Crippen LogP contribution is 2.15. The molecule has 0 aliphatic rings. The van der Waals surface area contributed by atoms with Gasteiger partial charge in [0.05, 0.1) is 6.54 Å². The molecule has 0 aliphatic heterocycles. The summed E-state index contributed by atoms with van der Waals surface area (Å²) in [6, 6.07) is 6.33. The largest absolute Gasteiger partial charge is 0.466 e. The summed E-state index contributed by atoms with van der Waals surface area (Å²) in [4.78, 5) is 6.86. The third kappa shape index (κ3) is 5.35. The second kappa shape index (κ2) is 8.43. The summed E-state index contributed by atoms with van der Waals surface area (Å²) in [7, 11) is 1.78. The van der Waals surface area contributed by atoms with E-state index in [1.807, 2.05) is 13.8 Å². The first-order chi connectivity index (χ1) is 9.58. The average Bonchev–Trinajstić information content (AvgIpc) is 2.96. The lowest BCUT2D eigenvalue weighted by Gasteiger charge is -2.10. The zero-order chi connectivity index (χ0) is 14.5. The number of nitrogens with one attached hydrogen (secondary N) is 2. The Morgan fingerprint density at radius 2 is 1.90 bits per heavy atom. The van der Waals surface area contributed by atoms with Gasteiger partial charge in [0.1, 0.15) is 11.5 Å². The molecule has 116 valence electrons. The van der Waals surface area contributed by atoms with Gasteiger partial charge in [0.25, 0.3) is 0 Å². The van der Waals surface area contributed by atoms with Gasteiger partial charge in [0.15, 0.2) is 5.96 Å². The Morgan fingerprint density at radius 1 is 1.19 bits per heavy atom. The van der Waals surface area contributed by atoms with Crippen molar-refractivity contribution in [1.82, 2.24) is 10.6 Å². The molecule has 21 heavy (non-hydrogen) atoms. The average molecular weight is 419 g/mol. The van der Waals surface area contributed by atoms with Crippen molar-refractivity contribution in [3.05, 3.63) is 45.0 Å². The predicted molar refractivity (Wildman–Crippen MR) is 99.7 cm³/mol. The van der Waals surface area contributed by atoms with Crippen molar-refractivity contribution < 1.29 is 4.42 Å². The molecule has 6 heteroatoms. The zero-order valence-electron chi connectivity index (χ0n) is 12.8. The molecule has 0 spiro atoms. The van der Waals surface area contributed by atoms with Crippen LogP contribution in [-0.4, -0.2) is 13.0 Å². The molecular weight excluding hydrogens is 397 g/mol. The molecular formula is C15H22IN3OS. The normalized spacial score (nSPS) is 11.1. The molecule has 0 aromatic carbocycles. The van der Waals surface area contributed by atoms with Crippen LogP contribution in [0.15, 0.2) is 27.6 Å². The standard InChI is InChI=1S/C15H21N3OS.HI/c1-10-7-13(12(3)19-10)8-17-15(16-4)18-9-14-6-5-11(2)20-14;/h5-7H,8-9H2,1-4H3,(H2,16,17,18);1H. The summed E-state index contributed by atoms with van der Waals surface area (Å²) in [5.41, 5.74) is 1.16. The molecule has 0 aliphatic carbocycles. The van der Waals surface area contributed by atoms with Gasteiger partial charge in [-0.05, 0) is 39.0 Å². The lowest BCUT2D eigenvalue weighted by atomic mass is 10.2. The number of halogens is 1. The Hall–Kier alpha value is -1.02. The molecule has 4 nitrogen and oxygen atoms in total. The molecule has 0 unspecified atom stereocenters. The predicted octanol–water partition coefficient (Wildman–Crippen LogP) is 3.75. The summed E-state index contributed by atoms with van der Waals surface area (Å²) >= 11 is 1.80. The summed E-state index contributed by atoms with van der Waals surface area (Å²) in [5, 5.41) is 6.61.